The minimum atomic E-state index is -0.596. The van der Waals surface area contributed by atoms with E-state index in [1.54, 1.807) is 0 Å². The number of hydrogen-bond acceptors (Lipinski definition) is 6. The first kappa shape index (κ1) is 17.4. The van der Waals surface area contributed by atoms with Gasteiger partial charge in [0.1, 0.15) is 12.7 Å². The van der Waals surface area contributed by atoms with Gasteiger partial charge in [-0.05, 0) is 45.3 Å². The Kier molecular flexibility index (Phi) is 5.97. The highest BCUT2D eigenvalue weighted by Gasteiger charge is 2.25. The van der Waals surface area contributed by atoms with Crippen molar-refractivity contribution in [3.05, 3.63) is 23.8 Å². The number of nitrogens with one attached hydrogen (secondary N) is 1. The van der Waals surface area contributed by atoms with Crippen molar-refractivity contribution in [1.82, 2.24) is 5.32 Å². The van der Waals surface area contributed by atoms with E-state index in [0.29, 0.717) is 24.7 Å². The smallest absolute Gasteiger partial charge is 0.165 e. The van der Waals surface area contributed by atoms with Crippen LogP contribution in [0.3, 0.4) is 0 Å². The Balaban J connectivity index is 1.96. The quantitative estimate of drug-likeness (QED) is 0.698. The van der Waals surface area contributed by atoms with Crippen molar-refractivity contribution in [2.24, 2.45) is 0 Å². The van der Waals surface area contributed by atoms with Crippen LogP contribution in [0.15, 0.2) is 18.2 Å². The van der Waals surface area contributed by atoms with Crippen LogP contribution in [0.1, 0.15) is 38.0 Å². The van der Waals surface area contributed by atoms with Gasteiger partial charge in [-0.3, -0.25) is 0 Å². The molecule has 1 aliphatic heterocycles. The van der Waals surface area contributed by atoms with Crippen molar-refractivity contribution in [2.45, 2.75) is 44.1 Å². The van der Waals surface area contributed by atoms with E-state index in [9.17, 15) is 9.66 Å². The zero-order valence-electron chi connectivity index (χ0n) is 13.3. The van der Waals surface area contributed by atoms with Crippen molar-refractivity contribution < 1.29 is 19.1 Å². The van der Waals surface area contributed by atoms with Gasteiger partial charge in [-0.15, -0.1) is 0 Å². The fraction of sp³-hybridized carbons (Fsp3) is 0.625. The molecule has 2 rings (SSSR count). The Bertz CT molecular complexity index is 490. The zero-order valence-corrected chi connectivity index (χ0v) is 14.2. The highest BCUT2D eigenvalue weighted by atomic mass is 32.2. The molecule has 5 nitrogen and oxygen atoms in total. The molecule has 3 N–H and O–H groups in total. The van der Waals surface area contributed by atoms with Crippen molar-refractivity contribution in [1.29, 1.82) is 0 Å². The molecule has 1 aliphatic rings. The predicted octanol–water partition coefficient (Wildman–Crippen LogP) is 2.84. The molecular formula is C16H25NO4S. The number of β-amino-alcohol motifs (C(OH)–C–C–N with tert-alkyl or cyclic N) is 1. The van der Waals surface area contributed by atoms with Gasteiger partial charge in [0.25, 0.3) is 0 Å². The van der Waals surface area contributed by atoms with Crippen molar-refractivity contribution in [3.63, 3.8) is 0 Å². The molecule has 0 fully saturated rings. The summed E-state index contributed by atoms with van der Waals surface area (Å²) in [4.78, 5) is 0. The fourth-order valence-electron chi connectivity index (χ4n) is 2.26. The summed E-state index contributed by atoms with van der Waals surface area (Å²) in [6.45, 7) is 7.37. The van der Waals surface area contributed by atoms with Gasteiger partial charge >= 0.3 is 0 Å². The van der Waals surface area contributed by atoms with E-state index in [0.717, 1.165) is 24.0 Å². The lowest BCUT2D eigenvalue weighted by Crippen LogP contribution is -2.42. The lowest BCUT2D eigenvalue weighted by molar-refractivity contribution is 0.0974. The highest BCUT2D eigenvalue weighted by molar-refractivity contribution is 7.94. The van der Waals surface area contributed by atoms with E-state index in [-0.39, 0.29) is 17.4 Å². The van der Waals surface area contributed by atoms with Crippen LogP contribution in [0, 0.1) is 0 Å². The molecule has 0 aliphatic carbocycles. The maximum absolute atomic E-state index is 10.0. The van der Waals surface area contributed by atoms with Gasteiger partial charge in [0.15, 0.2) is 11.5 Å². The molecule has 2 atom stereocenters. The van der Waals surface area contributed by atoms with Crippen molar-refractivity contribution in [3.8, 4) is 11.5 Å². The monoisotopic (exact) mass is 327 g/mol. The summed E-state index contributed by atoms with van der Waals surface area (Å²) in [6, 6.07) is 5.64. The van der Waals surface area contributed by atoms with Crippen LogP contribution in [-0.2, 0) is 0 Å². The number of fused-ring (bicyclic) bond motifs is 1. The third-order valence-electron chi connectivity index (χ3n) is 3.41. The molecule has 0 saturated heterocycles. The summed E-state index contributed by atoms with van der Waals surface area (Å²) < 4.78 is 20.8. The van der Waals surface area contributed by atoms with E-state index in [1.807, 2.05) is 18.2 Å². The Morgan fingerprint density at radius 3 is 2.91 bits per heavy atom. The average Bonchev–Trinajstić information content (AvgIpc) is 2.49. The third kappa shape index (κ3) is 4.78. The molecule has 0 spiro atoms. The lowest BCUT2D eigenvalue weighted by Gasteiger charge is -2.26. The molecule has 2 unspecified atom stereocenters. The largest absolute Gasteiger partial charge is 0.489 e. The molecule has 22 heavy (non-hydrogen) atoms. The second kappa shape index (κ2) is 7.55. The summed E-state index contributed by atoms with van der Waals surface area (Å²) in [5.74, 6) is 1.29. The van der Waals surface area contributed by atoms with Gasteiger partial charge in [-0.25, -0.2) is 0 Å². The number of rotatable bonds is 6. The van der Waals surface area contributed by atoms with E-state index in [4.69, 9.17) is 9.47 Å². The number of ether oxygens (including phenoxy) is 2. The Labute approximate surface area is 136 Å². The van der Waals surface area contributed by atoms with Crippen LogP contribution in [0.2, 0.25) is 0 Å². The highest BCUT2D eigenvalue weighted by Crippen LogP contribution is 2.44. The van der Waals surface area contributed by atoms with Gasteiger partial charge in [-0.2, -0.15) is 0 Å². The second-order valence-corrected chi connectivity index (χ2v) is 7.28. The summed E-state index contributed by atoms with van der Waals surface area (Å²) in [5.41, 5.74) is 0.903. The van der Waals surface area contributed by atoms with Crippen molar-refractivity contribution in [2.75, 3.05) is 19.8 Å². The third-order valence-corrected chi connectivity index (χ3v) is 4.15. The van der Waals surface area contributed by atoms with E-state index < -0.39 is 6.10 Å². The summed E-state index contributed by atoms with van der Waals surface area (Å²) in [5, 5.41) is 13.3. The molecule has 0 radical (unpaired) electrons. The summed E-state index contributed by atoms with van der Waals surface area (Å²) in [6.07, 6.45) is 0.178. The van der Waals surface area contributed by atoms with Gasteiger partial charge in [0, 0.05) is 17.6 Å². The lowest BCUT2D eigenvalue weighted by atomic mass is 10.1. The molecule has 1 aromatic carbocycles. The summed E-state index contributed by atoms with van der Waals surface area (Å²) >= 11 is 0.837. The molecule has 0 amide bonds. The first-order chi connectivity index (χ1) is 10.4. The Morgan fingerprint density at radius 1 is 1.45 bits per heavy atom. The maximum atomic E-state index is 10.0. The number of hydrogen-bond donors (Lipinski definition) is 3. The van der Waals surface area contributed by atoms with E-state index in [1.165, 1.54) is 0 Å². The van der Waals surface area contributed by atoms with Gasteiger partial charge < -0.3 is 24.4 Å². The van der Waals surface area contributed by atoms with E-state index >= 15 is 0 Å². The molecule has 0 saturated carbocycles. The normalized spacial score (nSPS) is 19.2. The van der Waals surface area contributed by atoms with Crippen LogP contribution in [0.5, 0.6) is 11.5 Å². The first-order valence-electron chi connectivity index (χ1n) is 7.52. The standard InChI is InChI=1S/C16H25NO4S/c1-16(2,3)17-9-11(18)10-21-13-6-4-5-12-14(22-19)7-8-20-15(12)13/h4-6,11,14,17-19H,7-10H2,1-3H3. The van der Waals surface area contributed by atoms with Crippen LogP contribution in [-0.4, -0.2) is 41.1 Å². The maximum Gasteiger partial charge on any atom is 0.165 e. The number of aliphatic hydroxyl groups is 1. The average molecular weight is 327 g/mol. The Morgan fingerprint density at radius 2 is 2.23 bits per heavy atom. The fourth-order valence-corrected chi connectivity index (χ4v) is 2.76. The molecule has 6 heteroatoms. The van der Waals surface area contributed by atoms with Gasteiger partial charge in [0.2, 0.25) is 0 Å². The zero-order chi connectivity index (χ0) is 16.2. The predicted molar refractivity (Wildman–Crippen MR) is 88.8 cm³/mol. The van der Waals surface area contributed by atoms with Gasteiger partial charge in [-0.1, -0.05) is 12.1 Å². The molecule has 0 aromatic heterocycles. The number of para-hydroxylation sites is 1. The molecule has 1 aromatic rings. The first-order valence-corrected chi connectivity index (χ1v) is 8.36. The minimum Gasteiger partial charge on any atom is -0.489 e. The van der Waals surface area contributed by atoms with Gasteiger partial charge in [0.05, 0.1) is 11.9 Å². The molecule has 124 valence electrons. The van der Waals surface area contributed by atoms with Crippen LogP contribution < -0.4 is 14.8 Å². The summed E-state index contributed by atoms with van der Waals surface area (Å²) in [7, 11) is 0. The molecular weight excluding hydrogens is 302 g/mol. The van der Waals surface area contributed by atoms with Crippen LogP contribution in [0.25, 0.3) is 0 Å². The number of aliphatic hydroxyl groups excluding tert-OH is 1. The van der Waals surface area contributed by atoms with Crippen LogP contribution in [0.4, 0.5) is 0 Å². The minimum absolute atomic E-state index is 0.0137. The molecule has 0 bridgehead atoms. The Hall–Kier alpha value is -0.950. The second-order valence-electron chi connectivity index (χ2n) is 6.50. The van der Waals surface area contributed by atoms with Crippen molar-refractivity contribution >= 4 is 12.0 Å². The molecule has 1 heterocycles. The van der Waals surface area contributed by atoms with Crippen LogP contribution >= 0.6 is 12.0 Å². The number of benzene rings is 1. The SMILES string of the molecule is CC(C)(C)NCC(O)COc1cccc2c1OCCC2SO. The van der Waals surface area contributed by atoms with E-state index in [2.05, 4.69) is 26.1 Å². The topological polar surface area (TPSA) is 71.0 Å².